The fraction of sp³-hybridized carbons (Fsp3) is 0.326. The molecule has 1 atom stereocenters. The smallest absolute Gasteiger partial charge is 0.255 e. The summed E-state index contributed by atoms with van der Waals surface area (Å²) in [7, 11) is 1.79. The number of fused-ring (bicyclic) bond motifs is 1. The van der Waals surface area contributed by atoms with E-state index in [0.717, 1.165) is 53.7 Å². The molecule has 11 heteroatoms. The molecular weight excluding hydrogens is 740 g/mol. The SMILES string of the molecule is CN(CCOc1ccc(/C(=C(/CCCl)c2ccccc2)c2ccccc2)cc1)C(=O)CCCCCCC(=O)Nc1cccc2c1CN(C1CCC(=O)NC1=O)C2=O. The Bertz CT molecular complexity index is 2090. The number of benzene rings is 4. The number of hydrogen-bond acceptors (Lipinski definition) is 6. The van der Waals surface area contributed by atoms with Crippen LogP contribution in [0.5, 0.6) is 5.75 Å². The Morgan fingerprint density at radius 3 is 2.16 bits per heavy atom. The Balaban J connectivity index is 0.905. The van der Waals surface area contributed by atoms with E-state index in [1.807, 2.05) is 48.5 Å². The van der Waals surface area contributed by atoms with E-state index < -0.39 is 11.9 Å². The van der Waals surface area contributed by atoms with Gasteiger partial charge in [0, 0.05) is 55.5 Å². The van der Waals surface area contributed by atoms with Crippen LogP contribution in [0.3, 0.4) is 0 Å². The standard InChI is InChI=1S/C46H49ClN4O6/c1-50(29-30-57-35-23-21-34(22-24-35)44(33-15-8-5-9-16-33)36(27-28-47)32-13-6-4-7-14-32)43(54)20-11-3-2-10-19-41(52)48-39-18-12-17-37-38(39)31-51(46(37)56)40-25-26-42(53)49-45(40)55/h4-9,12-18,21-24,40H,2-3,10-11,19-20,25-31H2,1H3,(H,48,52)(H,49,53,55)/b44-36-. The van der Waals surface area contributed by atoms with E-state index in [1.54, 1.807) is 30.1 Å². The number of ether oxygens (including phenoxy) is 1. The van der Waals surface area contributed by atoms with Crippen molar-refractivity contribution in [2.24, 2.45) is 0 Å². The van der Waals surface area contributed by atoms with Crippen molar-refractivity contribution in [3.05, 3.63) is 131 Å². The number of rotatable bonds is 18. The van der Waals surface area contributed by atoms with E-state index in [9.17, 15) is 24.0 Å². The van der Waals surface area contributed by atoms with E-state index in [2.05, 4.69) is 47.0 Å². The first-order valence-corrected chi connectivity index (χ1v) is 20.2. The second kappa shape index (κ2) is 19.9. The lowest BCUT2D eigenvalue weighted by Gasteiger charge is -2.29. The summed E-state index contributed by atoms with van der Waals surface area (Å²) in [4.78, 5) is 65.9. The zero-order valence-electron chi connectivity index (χ0n) is 32.3. The summed E-state index contributed by atoms with van der Waals surface area (Å²) >= 11 is 6.30. The third-order valence-corrected chi connectivity index (χ3v) is 10.7. The fourth-order valence-corrected chi connectivity index (χ4v) is 7.62. The lowest BCUT2D eigenvalue weighted by Crippen LogP contribution is -2.52. The highest BCUT2D eigenvalue weighted by atomic mass is 35.5. The molecule has 2 N–H and O–H groups in total. The van der Waals surface area contributed by atoms with Crippen molar-refractivity contribution in [3.63, 3.8) is 0 Å². The van der Waals surface area contributed by atoms with Crippen molar-refractivity contribution in [3.8, 4) is 5.75 Å². The minimum absolute atomic E-state index is 0.0518. The second-order valence-corrected chi connectivity index (χ2v) is 14.8. The van der Waals surface area contributed by atoms with Gasteiger partial charge in [0.1, 0.15) is 18.4 Å². The highest BCUT2D eigenvalue weighted by Crippen LogP contribution is 2.36. The number of hydrogen-bond donors (Lipinski definition) is 2. The molecule has 4 aromatic carbocycles. The van der Waals surface area contributed by atoms with E-state index in [-0.39, 0.29) is 43.0 Å². The molecule has 2 heterocycles. The van der Waals surface area contributed by atoms with Crippen molar-refractivity contribution in [1.29, 1.82) is 0 Å². The number of likely N-dealkylation sites (N-methyl/N-ethyl adjacent to an activating group) is 1. The number of allylic oxidation sites excluding steroid dienone is 1. The number of nitrogens with zero attached hydrogens (tertiary/aromatic N) is 2. The van der Waals surface area contributed by atoms with Gasteiger partial charge in [-0.1, -0.05) is 91.7 Å². The summed E-state index contributed by atoms with van der Waals surface area (Å²) < 4.78 is 6.04. The summed E-state index contributed by atoms with van der Waals surface area (Å²) in [5.74, 6) is 0.0447. The molecule has 10 nitrogen and oxygen atoms in total. The molecule has 0 saturated carbocycles. The van der Waals surface area contributed by atoms with Gasteiger partial charge in [0.25, 0.3) is 5.91 Å². The summed E-state index contributed by atoms with van der Waals surface area (Å²) in [5, 5.41) is 5.25. The van der Waals surface area contributed by atoms with Crippen LogP contribution >= 0.6 is 11.6 Å². The highest BCUT2D eigenvalue weighted by molar-refractivity contribution is 6.18. The maximum atomic E-state index is 13.1. The van der Waals surface area contributed by atoms with Crippen LogP contribution in [0.4, 0.5) is 5.69 Å². The normalized spacial score (nSPS) is 15.4. The quantitative estimate of drug-likeness (QED) is 0.0458. The maximum absolute atomic E-state index is 13.1. The molecule has 6 rings (SSSR count). The van der Waals surface area contributed by atoms with Gasteiger partial charge in [0.15, 0.2) is 0 Å². The number of imide groups is 1. The molecule has 4 aromatic rings. The molecule has 5 amide bonds. The number of piperidine rings is 1. The van der Waals surface area contributed by atoms with Gasteiger partial charge in [-0.25, -0.2) is 0 Å². The van der Waals surface area contributed by atoms with Gasteiger partial charge < -0.3 is 19.9 Å². The predicted octanol–water partition coefficient (Wildman–Crippen LogP) is 7.85. The Labute approximate surface area is 339 Å². The minimum Gasteiger partial charge on any atom is -0.492 e. The van der Waals surface area contributed by atoms with E-state index >= 15 is 0 Å². The van der Waals surface area contributed by atoms with Crippen LogP contribution in [0.25, 0.3) is 11.1 Å². The summed E-state index contributed by atoms with van der Waals surface area (Å²) in [5.41, 5.74) is 7.34. The third-order valence-electron chi connectivity index (χ3n) is 10.5. The van der Waals surface area contributed by atoms with Gasteiger partial charge in [0.05, 0.1) is 6.54 Å². The summed E-state index contributed by atoms with van der Waals surface area (Å²) in [6.07, 6.45) is 4.94. The van der Waals surface area contributed by atoms with Crippen LogP contribution in [0, 0.1) is 0 Å². The average molecular weight is 789 g/mol. The molecule has 2 aliphatic heterocycles. The predicted molar refractivity (Wildman–Crippen MR) is 223 cm³/mol. The van der Waals surface area contributed by atoms with E-state index in [0.29, 0.717) is 55.1 Å². The van der Waals surface area contributed by atoms with Gasteiger partial charge in [-0.05, 0) is 77.8 Å². The third kappa shape index (κ3) is 10.6. The van der Waals surface area contributed by atoms with Gasteiger partial charge in [0.2, 0.25) is 23.6 Å². The molecule has 0 bridgehead atoms. The number of halogens is 1. The molecule has 0 radical (unpaired) electrons. The Morgan fingerprint density at radius 1 is 0.807 bits per heavy atom. The minimum atomic E-state index is -0.714. The summed E-state index contributed by atoms with van der Waals surface area (Å²) in [6.45, 7) is 1.02. The monoisotopic (exact) mass is 788 g/mol. The topological polar surface area (TPSA) is 125 Å². The molecule has 1 saturated heterocycles. The number of alkyl halides is 1. The van der Waals surface area contributed by atoms with Gasteiger partial charge in [-0.2, -0.15) is 0 Å². The van der Waals surface area contributed by atoms with Crippen LogP contribution in [0.2, 0.25) is 0 Å². The lowest BCUT2D eigenvalue weighted by atomic mass is 9.88. The molecule has 2 aliphatic rings. The second-order valence-electron chi connectivity index (χ2n) is 14.4. The fourth-order valence-electron chi connectivity index (χ4n) is 7.43. The first-order chi connectivity index (χ1) is 27.7. The summed E-state index contributed by atoms with van der Waals surface area (Å²) in [6, 6.07) is 33.2. The van der Waals surface area contributed by atoms with Crippen LogP contribution in [-0.4, -0.2) is 71.5 Å². The Kier molecular flexibility index (Phi) is 14.3. The van der Waals surface area contributed by atoms with Crippen LogP contribution in [0.15, 0.2) is 103 Å². The maximum Gasteiger partial charge on any atom is 0.255 e. The van der Waals surface area contributed by atoms with E-state index in [4.69, 9.17) is 16.3 Å². The highest BCUT2D eigenvalue weighted by Gasteiger charge is 2.40. The molecule has 0 spiro atoms. The molecule has 0 aromatic heterocycles. The first-order valence-electron chi connectivity index (χ1n) is 19.7. The lowest BCUT2D eigenvalue weighted by molar-refractivity contribution is -0.137. The zero-order valence-corrected chi connectivity index (χ0v) is 33.1. The van der Waals surface area contributed by atoms with Crippen LogP contribution in [0.1, 0.15) is 90.4 Å². The van der Waals surface area contributed by atoms with Crippen molar-refractivity contribution in [2.45, 2.75) is 70.4 Å². The molecule has 1 fully saturated rings. The Morgan fingerprint density at radius 2 is 1.47 bits per heavy atom. The molecule has 296 valence electrons. The number of anilines is 1. The van der Waals surface area contributed by atoms with Gasteiger partial charge in [-0.15, -0.1) is 11.6 Å². The van der Waals surface area contributed by atoms with Crippen molar-refractivity contribution >= 4 is 58.0 Å². The average Bonchev–Trinajstić information content (AvgIpc) is 3.56. The van der Waals surface area contributed by atoms with Gasteiger partial charge in [-0.3, -0.25) is 29.3 Å². The van der Waals surface area contributed by atoms with Crippen molar-refractivity contribution < 1.29 is 28.7 Å². The molecule has 57 heavy (non-hydrogen) atoms. The number of carbonyl (C=O) groups excluding carboxylic acids is 5. The largest absolute Gasteiger partial charge is 0.492 e. The number of amides is 5. The van der Waals surface area contributed by atoms with Gasteiger partial charge >= 0.3 is 0 Å². The van der Waals surface area contributed by atoms with E-state index in [1.165, 1.54) is 10.5 Å². The Hall–Kier alpha value is -5.74. The zero-order chi connectivity index (χ0) is 40.1. The van der Waals surface area contributed by atoms with Crippen molar-refractivity contribution in [1.82, 2.24) is 15.1 Å². The molecule has 0 aliphatic carbocycles. The molecule has 1 unspecified atom stereocenters. The number of carbonyl (C=O) groups is 5. The number of nitrogens with one attached hydrogen (secondary N) is 2. The van der Waals surface area contributed by atoms with Crippen LogP contribution < -0.4 is 15.4 Å². The number of unbranched alkanes of at least 4 members (excludes halogenated alkanes) is 3. The first kappa shape index (κ1) is 40.9. The van der Waals surface area contributed by atoms with Crippen LogP contribution in [-0.2, 0) is 25.7 Å². The molecular formula is C46H49ClN4O6. The van der Waals surface area contributed by atoms with Crippen molar-refractivity contribution in [2.75, 3.05) is 31.4 Å².